The van der Waals surface area contributed by atoms with Crippen molar-refractivity contribution in [3.05, 3.63) is 59.7 Å². The van der Waals surface area contributed by atoms with Crippen LogP contribution in [-0.2, 0) is 6.42 Å². The number of carbonyl (C=O) groups excluding carboxylic acids is 1. The minimum Gasteiger partial charge on any atom is -0.397 e. The fourth-order valence-corrected chi connectivity index (χ4v) is 3.30. The summed E-state index contributed by atoms with van der Waals surface area (Å²) in [6, 6.07) is 16.4. The van der Waals surface area contributed by atoms with Crippen molar-refractivity contribution in [3.63, 3.8) is 0 Å². The molecule has 4 nitrogen and oxygen atoms in total. The summed E-state index contributed by atoms with van der Waals surface area (Å²) in [4.78, 5) is 14.3. The minimum atomic E-state index is 0.0906. The van der Waals surface area contributed by atoms with Crippen molar-refractivity contribution in [1.29, 1.82) is 0 Å². The maximum absolute atomic E-state index is 12.4. The van der Waals surface area contributed by atoms with Gasteiger partial charge in [-0.25, -0.2) is 0 Å². The van der Waals surface area contributed by atoms with Gasteiger partial charge in [0.15, 0.2) is 0 Å². The molecule has 1 atom stereocenters. The molecule has 0 spiro atoms. The molecule has 0 unspecified atom stereocenters. The molecule has 0 aliphatic carbocycles. The maximum atomic E-state index is 12.4. The van der Waals surface area contributed by atoms with Crippen LogP contribution in [0.1, 0.15) is 42.1 Å². The van der Waals surface area contributed by atoms with Gasteiger partial charge in [0.05, 0.1) is 11.4 Å². The minimum absolute atomic E-state index is 0.0906. The Labute approximate surface area is 150 Å². The molecule has 2 aromatic carbocycles. The van der Waals surface area contributed by atoms with Crippen molar-refractivity contribution in [2.75, 3.05) is 24.1 Å². The second-order valence-electron chi connectivity index (χ2n) is 6.87. The number of nitrogen functional groups attached to an aromatic ring is 1. The molecule has 0 bridgehead atoms. The van der Waals surface area contributed by atoms with Crippen molar-refractivity contribution in [3.8, 4) is 0 Å². The number of hydrogen-bond acceptors (Lipinski definition) is 3. The van der Waals surface area contributed by atoms with E-state index in [1.165, 1.54) is 5.56 Å². The summed E-state index contributed by atoms with van der Waals surface area (Å²) in [7, 11) is 0. The van der Waals surface area contributed by atoms with Crippen molar-refractivity contribution >= 4 is 17.3 Å². The number of carbonyl (C=O) groups is 1. The van der Waals surface area contributed by atoms with Gasteiger partial charge in [0.2, 0.25) is 0 Å². The van der Waals surface area contributed by atoms with Crippen molar-refractivity contribution in [2.24, 2.45) is 0 Å². The van der Waals surface area contributed by atoms with E-state index in [0.717, 1.165) is 44.5 Å². The average molecular weight is 337 g/mol. The number of nitrogens with one attached hydrogen (secondary N) is 1. The second kappa shape index (κ2) is 8.06. The molecular formula is C21H27N3O. The van der Waals surface area contributed by atoms with E-state index in [2.05, 4.69) is 36.5 Å². The first-order valence-corrected chi connectivity index (χ1v) is 9.13. The number of hydrogen-bond donors (Lipinski definition) is 2. The molecule has 0 radical (unpaired) electrons. The summed E-state index contributed by atoms with van der Waals surface area (Å²) in [5, 5.41) is 3.47. The lowest BCUT2D eigenvalue weighted by molar-refractivity contribution is 0.0793. The Kier molecular flexibility index (Phi) is 5.59. The van der Waals surface area contributed by atoms with Crippen LogP contribution in [0.4, 0.5) is 11.4 Å². The van der Waals surface area contributed by atoms with Crippen LogP contribution in [0.15, 0.2) is 48.5 Å². The predicted molar refractivity (Wildman–Crippen MR) is 104 cm³/mol. The molecule has 0 aromatic heterocycles. The zero-order valence-electron chi connectivity index (χ0n) is 14.9. The van der Waals surface area contributed by atoms with Gasteiger partial charge in [0.1, 0.15) is 0 Å². The molecule has 3 N–H and O–H groups in total. The molecule has 25 heavy (non-hydrogen) atoms. The van der Waals surface area contributed by atoms with E-state index < -0.39 is 0 Å². The number of nitrogens with two attached hydrogens (primary N) is 1. The van der Waals surface area contributed by atoms with Crippen LogP contribution >= 0.6 is 0 Å². The summed E-state index contributed by atoms with van der Waals surface area (Å²) in [6.07, 6.45) is 4.25. The van der Waals surface area contributed by atoms with Gasteiger partial charge in [-0.3, -0.25) is 4.79 Å². The summed E-state index contributed by atoms with van der Waals surface area (Å²) < 4.78 is 0. The van der Waals surface area contributed by atoms with Crippen LogP contribution in [0.25, 0.3) is 0 Å². The van der Waals surface area contributed by atoms with E-state index in [-0.39, 0.29) is 5.91 Å². The first-order valence-electron chi connectivity index (χ1n) is 9.13. The highest BCUT2D eigenvalue weighted by Crippen LogP contribution is 2.23. The summed E-state index contributed by atoms with van der Waals surface area (Å²) in [5.41, 5.74) is 9.74. The standard InChI is InChI=1S/C21H27N3O/c1-16(9-10-17-7-3-2-4-8-17)23-20-12-11-18(15-19(20)22)21(25)24-13-5-6-14-24/h2-4,7-8,11-12,15-16,23H,5-6,9-10,13-14,22H2,1H3/t16-/m0/s1. The zero-order chi connectivity index (χ0) is 17.6. The number of aryl methyl sites for hydroxylation is 1. The van der Waals surface area contributed by atoms with E-state index in [1.54, 1.807) is 6.07 Å². The Balaban J connectivity index is 1.58. The lowest BCUT2D eigenvalue weighted by Gasteiger charge is -2.19. The van der Waals surface area contributed by atoms with Crippen LogP contribution in [-0.4, -0.2) is 29.9 Å². The lowest BCUT2D eigenvalue weighted by atomic mass is 10.1. The van der Waals surface area contributed by atoms with Crippen LogP contribution in [0.3, 0.4) is 0 Å². The summed E-state index contributed by atoms with van der Waals surface area (Å²) in [5.74, 6) is 0.0906. The van der Waals surface area contributed by atoms with Gasteiger partial charge in [-0.05, 0) is 56.4 Å². The SMILES string of the molecule is C[C@@H](CCc1ccccc1)Nc1ccc(C(=O)N2CCCC2)cc1N. The first kappa shape index (κ1) is 17.3. The first-order chi connectivity index (χ1) is 12.1. The maximum Gasteiger partial charge on any atom is 0.253 e. The summed E-state index contributed by atoms with van der Waals surface area (Å²) in [6.45, 7) is 3.87. The van der Waals surface area contributed by atoms with Crippen molar-refractivity contribution in [1.82, 2.24) is 4.90 Å². The van der Waals surface area contributed by atoms with Crippen molar-refractivity contribution < 1.29 is 4.79 Å². The van der Waals surface area contributed by atoms with E-state index in [4.69, 9.17) is 5.73 Å². The Hall–Kier alpha value is -2.49. The van der Waals surface area contributed by atoms with E-state index in [1.807, 2.05) is 23.1 Å². The number of nitrogens with zero attached hydrogens (tertiary/aromatic N) is 1. The number of amides is 1. The molecule has 1 amide bonds. The smallest absolute Gasteiger partial charge is 0.253 e. The fraction of sp³-hybridized carbons (Fsp3) is 0.381. The van der Waals surface area contributed by atoms with Gasteiger partial charge in [-0.2, -0.15) is 0 Å². The molecule has 1 aliphatic rings. The third kappa shape index (κ3) is 4.53. The number of benzene rings is 2. The second-order valence-corrected chi connectivity index (χ2v) is 6.87. The van der Waals surface area contributed by atoms with Crippen LogP contribution in [0, 0.1) is 0 Å². The van der Waals surface area contributed by atoms with Gasteiger partial charge in [-0.15, -0.1) is 0 Å². The highest BCUT2D eigenvalue weighted by molar-refractivity contribution is 5.96. The quantitative estimate of drug-likeness (QED) is 0.785. The number of anilines is 2. The van der Waals surface area contributed by atoms with E-state index >= 15 is 0 Å². The highest BCUT2D eigenvalue weighted by atomic mass is 16.2. The molecule has 0 saturated carbocycles. The zero-order valence-corrected chi connectivity index (χ0v) is 14.9. The fourth-order valence-electron chi connectivity index (χ4n) is 3.30. The molecule has 1 heterocycles. The average Bonchev–Trinajstić information content (AvgIpc) is 3.16. The molecule has 1 aliphatic heterocycles. The van der Waals surface area contributed by atoms with Crippen LogP contribution in [0.5, 0.6) is 0 Å². The molecule has 4 heteroatoms. The summed E-state index contributed by atoms with van der Waals surface area (Å²) >= 11 is 0. The Morgan fingerprint density at radius 2 is 1.88 bits per heavy atom. The van der Waals surface area contributed by atoms with E-state index in [0.29, 0.717) is 17.3 Å². The molecule has 1 fully saturated rings. The van der Waals surface area contributed by atoms with Gasteiger partial charge in [-0.1, -0.05) is 30.3 Å². The largest absolute Gasteiger partial charge is 0.397 e. The third-order valence-electron chi connectivity index (χ3n) is 4.80. The number of likely N-dealkylation sites (tertiary alicyclic amines) is 1. The molecule has 3 rings (SSSR count). The van der Waals surface area contributed by atoms with E-state index in [9.17, 15) is 4.79 Å². The topological polar surface area (TPSA) is 58.4 Å². The molecule has 2 aromatic rings. The molecule has 1 saturated heterocycles. The third-order valence-corrected chi connectivity index (χ3v) is 4.80. The molecule has 132 valence electrons. The van der Waals surface area contributed by atoms with Gasteiger partial charge in [0, 0.05) is 24.7 Å². The normalized spacial score (nSPS) is 15.2. The van der Waals surface area contributed by atoms with Gasteiger partial charge < -0.3 is 16.0 Å². The van der Waals surface area contributed by atoms with Crippen LogP contribution in [0.2, 0.25) is 0 Å². The van der Waals surface area contributed by atoms with Gasteiger partial charge in [0.25, 0.3) is 5.91 Å². The lowest BCUT2D eigenvalue weighted by Crippen LogP contribution is -2.27. The molecular weight excluding hydrogens is 310 g/mol. The van der Waals surface area contributed by atoms with Crippen molar-refractivity contribution in [2.45, 2.75) is 38.6 Å². The Morgan fingerprint density at radius 3 is 2.56 bits per heavy atom. The predicted octanol–water partition coefficient (Wildman–Crippen LogP) is 3.94. The monoisotopic (exact) mass is 337 g/mol. The highest BCUT2D eigenvalue weighted by Gasteiger charge is 2.20. The van der Waals surface area contributed by atoms with Gasteiger partial charge >= 0.3 is 0 Å². The van der Waals surface area contributed by atoms with Crippen LogP contribution < -0.4 is 11.1 Å². The Morgan fingerprint density at radius 1 is 1.16 bits per heavy atom. The number of rotatable bonds is 6. The Bertz CT molecular complexity index is 708.